The van der Waals surface area contributed by atoms with Gasteiger partial charge in [0.15, 0.2) is 0 Å². The molecule has 8 heteroatoms. The van der Waals surface area contributed by atoms with E-state index in [1.54, 1.807) is 6.07 Å². The Morgan fingerprint density at radius 1 is 1.47 bits per heavy atom. The highest BCUT2D eigenvalue weighted by molar-refractivity contribution is 5.64. The van der Waals surface area contributed by atoms with Gasteiger partial charge < -0.3 is 5.11 Å². The molecular formula is C7H5N7O. The molecule has 0 bridgehead atoms. The van der Waals surface area contributed by atoms with Gasteiger partial charge in [0.2, 0.25) is 5.82 Å². The minimum absolute atomic E-state index is 0.0972. The molecule has 8 nitrogen and oxygen atoms in total. The van der Waals surface area contributed by atoms with Crippen LogP contribution in [0.5, 0.6) is 5.75 Å². The van der Waals surface area contributed by atoms with E-state index in [4.69, 9.17) is 5.53 Å². The molecule has 0 spiro atoms. The molecule has 0 unspecified atom stereocenters. The molecule has 0 aliphatic rings. The molecule has 0 amide bonds. The van der Waals surface area contributed by atoms with Crippen molar-refractivity contribution in [2.45, 2.75) is 0 Å². The third-order valence-electron chi connectivity index (χ3n) is 1.73. The zero-order valence-corrected chi connectivity index (χ0v) is 7.36. The maximum atomic E-state index is 9.33. The first-order chi connectivity index (χ1) is 7.31. The summed E-state index contributed by atoms with van der Waals surface area (Å²) in [5.74, 6) is 0.268. The second-order valence-corrected chi connectivity index (χ2v) is 2.63. The zero-order valence-electron chi connectivity index (χ0n) is 7.36. The highest BCUT2D eigenvalue weighted by atomic mass is 16.3. The number of aromatic amines is 1. The summed E-state index contributed by atoms with van der Waals surface area (Å²) < 4.78 is 0. The molecule has 0 saturated carbocycles. The van der Waals surface area contributed by atoms with Crippen LogP contribution in [0.4, 0.5) is 5.69 Å². The first-order valence-electron chi connectivity index (χ1n) is 3.93. The molecule has 0 atom stereocenters. The number of tetrazole rings is 1. The number of H-pyrrole nitrogens is 1. The molecule has 15 heavy (non-hydrogen) atoms. The highest BCUT2D eigenvalue weighted by Gasteiger charge is 2.05. The van der Waals surface area contributed by atoms with Gasteiger partial charge in [-0.2, -0.15) is 5.21 Å². The minimum atomic E-state index is -0.0972. The van der Waals surface area contributed by atoms with Crippen LogP contribution in [-0.4, -0.2) is 25.7 Å². The molecule has 2 aromatic rings. The van der Waals surface area contributed by atoms with Crippen LogP contribution in [0.25, 0.3) is 21.8 Å². The van der Waals surface area contributed by atoms with Crippen LogP contribution in [-0.2, 0) is 0 Å². The molecule has 1 aromatic heterocycles. The van der Waals surface area contributed by atoms with Crippen molar-refractivity contribution in [2.75, 3.05) is 0 Å². The quantitative estimate of drug-likeness (QED) is 0.436. The van der Waals surface area contributed by atoms with Crippen LogP contribution in [0, 0.1) is 0 Å². The summed E-state index contributed by atoms with van der Waals surface area (Å²) >= 11 is 0. The van der Waals surface area contributed by atoms with Crippen LogP contribution >= 0.6 is 0 Å². The van der Waals surface area contributed by atoms with E-state index in [0.717, 1.165) is 0 Å². The van der Waals surface area contributed by atoms with Crippen LogP contribution in [0.1, 0.15) is 0 Å². The molecule has 1 aromatic carbocycles. The third-order valence-corrected chi connectivity index (χ3v) is 1.73. The molecule has 74 valence electrons. The first kappa shape index (κ1) is 8.97. The van der Waals surface area contributed by atoms with E-state index in [-0.39, 0.29) is 11.4 Å². The fourth-order valence-electron chi connectivity index (χ4n) is 1.07. The highest BCUT2D eigenvalue weighted by Crippen LogP contribution is 2.30. The number of hydrogen-bond acceptors (Lipinski definition) is 5. The van der Waals surface area contributed by atoms with Crippen molar-refractivity contribution >= 4 is 5.69 Å². The van der Waals surface area contributed by atoms with E-state index in [0.29, 0.717) is 11.4 Å². The summed E-state index contributed by atoms with van der Waals surface area (Å²) in [5.41, 5.74) is 8.99. The van der Waals surface area contributed by atoms with E-state index in [9.17, 15) is 5.11 Å². The Morgan fingerprint density at radius 2 is 2.33 bits per heavy atom. The number of phenolic OH excluding ortho intramolecular Hbond substituents is 1. The Balaban J connectivity index is 2.52. The third kappa shape index (κ3) is 1.69. The number of nitrogens with one attached hydrogen (secondary N) is 1. The summed E-state index contributed by atoms with van der Waals surface area (Å²) in [7, 11) is 0. The zero-order chi connectivity index (χ0) is 10.7. The van der Waals surface area contributed by atoms with Crippen LogP contribution in [0.15, 0.2) is 23.3 Å². The SMILES string of the molecule is [N-]=[N+]=Nc1cc(-c2nn[nH]n2)ccc1O. The number of nitrogens with zero attached hydrogens (tertiary/aromatic N) is 6. The fourth-order valence-corrected chi connectivity index (χ4v) is 1.07. The standard InChI is InChI=1S/C7H5N7O/c8-12-9-5-3-4(1-2-6(5)15)7-10-13-14-11-7/h1-3,15H,(H,10,11,13,14). The van der Waals surface area contributed by atoms with Gasteiger partial charge in [0.25, 0.3) is 0 Å². The molecule has 2 N–H and O–H groups in total. The summed E-state index contributed by atoms with van der Waals surface area (Å²) in [6.07, 6.45) is 0. The van der Waals surface area contributed by atoms with Gasteiger partial charge in [-0.3, -0.25) is 0 Å². The smallest absolute Gasteiger partial charge is 0.204 e. The van der Waals surface area contributed by atoms with Crippen molar-refractivity contribution in [3.8, 4) is 17.1 Å². The van der Waals surface area contributed by atoms with Gasteiger partial charge in [-0.25, -0.2) is 0 Å². The molecule has 2 rings (SSSR count). The lowest BCUT2D eigenvalue weighted by Crippen LogP contribution is -1.80. The lowest BCUT2D eigenvalue weighted by Gasteiger charge is -1.99. The van der Waals surface area contributed by atoms with Crippen molar-refractivity contribution in [3.63, 3.8) is 0 Å². The Labute approximate surface area is 83.2 Å². The van der Waals surface area contributed by atoms with E-state index >= 15 is 0 Å². The molecular weight excluding hydrogens is 198 g/mol. The van der Waals surface area contributed by atoms with Gasteiger partial charge in [0.05, 0.1) is 5.69 Å². The van der Waals surface area contributed by atoms with Crippen molar-refractivity contribution in [1.29, 1.82) is 0 Å². The summed E-state index contributed by atoms with van der Waals surface area (Å²) in [5, 5.41) is 25.9. The normalized spacial score (nSPS) is 9.60. The van der Waals surface area contributed by atoms with E-state index in [1.165, 1.54) is 12.1 Å². The van der Waals surface area contributed by atoms with Gasteiger partial charge in [-0.05, 0) is 28.9 Å². The van der Waals surface area contributed by atoms with Crippen molar-refractivity contribution in [2.24, 2.45) is 5.11 Å². The monoisotopic (exact) mass is 203 g/mol. The predicted octanol–water partition coefficient (Wildman–Crippen LogP) is 1.51. The minimum Gasteiger partial charge on any atom is -0.507 e. The number of aromatic nitrogens is 4. The Kier molecular flexibility index (Phi) is 2.18. The molecule has 0 fully saturated rings. The Hall–Kier alpha value is -2.60. The molecule has 1 heterocycles. The molecule has 0 saturated heterocycles. The second-order valence-electron chi connectivity index (χ2n) is 2.63. The van der Waals surface area contributed by atoms with Crippen LogP contribution in [0.3, 0.4) is 0 Å². The number of azide groups is 1. The van der Waals surface area contributed by atoms with E-state index < -0.39 is 0 Å². The van der Waals surface area contributed by atoms with Gasteiger partial charge in [-0.1, -0.05) is 5.11 Å². The van der Waals surface area contributed by atoms with E-state index in [1.807, 2.05) is 0 Å². The van der Waals surface area contributed by atoms with Crippen LogP contribution in [0.2, 0.25) is 0 Å². The summed E-state index contributed by atoms with van der Waals surface area (Å²) in [4.78, 5) is 2.59. The second kappa shape index (κ2) is 3.64. The average molecular weight is 203 g/mol. The van der Waals surface area contributed by atoms with Crippen molar-refractivity contribution in [1.82, 2.24) is 20.6 Å². The van der Waals surface area contributed by atoms with Gasteiger partial charge >= 0.3 is 0 Å². The lowest BCUT2D eigenvalue weighted by molar-refractivity contribution is 0.477. The van der Waals surface area contributed by atoms with Gasteiger partial charge in [0.1, 0.15) is 5.75 Å². The fraction of sp³-hybridized carbons (Fsp3) is 0. The summed E-state index contributed by atoms with van der Waals surface area (Å²) in [6, 6.07) is 4.46. The Morgan fingerprint density at radius 3 is 3.00 bits per heavy atom. The summed E-state index contributed by atoms with van der Waals surface area (Å²) in [6.45, 7) is 0. The average Bonchev–Trinajstić information content (AvgIpc) is 2.75. The van der Waals surface area contributed by atoms with Gasteiger partial charge in [-0.15, -0.1) is 10.2 Å². The van der Waals surface area contributed by atoms with E-state index in [2.05, 4.69) is 30.7 Å². The predicted molar refractivity (Wildman–Crippen MR) is 50.1 cm³/mol. The number of phenols is 1. The maximum absolute atomic E-state index is 9.33. The van der Waals surface area contributed by atoms with Gasteiger partial charge in [0, 0.05) is 10.5 Å². The number of benzene rings is 1. The first-order valence-corrected chi connectivity index (χ1v) is 3.93. The van der Waals surface area contributed by atoms with Crippen molar-refractivity contribution in [3.05, 3.63) is 28.6 Å². The van der Waals surface area contributed by atoms with Crippen molar-refractivity contribution < 1.29 is 5.11 Å². The molecule has 0 aliphatic carbocycles. The maximum Gasteiger partial charge on any atom is 0.204 e. The molecule has 0 aliphatic heterocycles. The number of hydrogen-bond donors (Lipinski definition) is 2. The number of rotatable bonds is 2. The Bertz CT molecular complexity index is 514. The van der Waals surface area contributed by atoms with Crippen LogP contribution < -0.4 is 0 Å². The largest absolute Gasteiger partial charge is 0.507 e. The number of aromatic hydroxyl groups is 1. The topological polar surface area (TPSA) is 123 Å². The lowest BCUT2D eigenvalue weighted by atomic mass is 10.2. The molecule has 0 radical (unpaired) electrons.